The monoisotopic (exact) mass is 302 g/mol. The normalized spacial score (nSPS) is 10.4. The topological polar surface area (TPSA) is 41.1 Å². The van der Waals surface area contributed by atoms with Crippen LogP contribution in [-0.4, -0.2) is 19.0 Å². The third-order valence-electron chi connectivity index (χ3n) is 3.14. The van der Waals surface area contributed by atoms with Gasteiger partial charge in [0.05, 0.1) is 0 Å². The minimum Gasteiger partial charge on any atom is -0.351 e. The molecule has 2 N–H and O–H groups in total. The van der Waals surface area contributed by atoms with Gasteiger partial charge in [-0.15, -0.1) is 0 Å². The lowest BCUT2D eigenvalue weighted by Gasteiger charge is -2.07. The zero-order valence-corrected chi connectivity index (χ0v) is 12.8. The zero-order chi connectivity index (χ0) is 15.1. The van der Waals surface area contributed by atoms with Gasteiger partial charge in [0.25, 0.3) is 5.91 Å². The van der Waals surface area contributed by atoms with Crippen LogP contribution in [0.4, 0.5) is 0 Å². The van der Waals surface area contributed by atoms with Crippen LogP contribution >= 0.6 is 11.6 Å². The summed E-state index contributed by atoms with van der Waals surface area (Å²) in [5.41, 5.74) is 3.01. The second-order valence-electron chi connectivity index (χ2n) is 4.93. The molecule has 1 amide bonds. The molecule has 0 aromatic heterocycles. The number of nitrogens with one attached hydrogen (secondary N) is 2. The van der Waals surface area contributed by atoms with Crippen LogP contribution in [0.3, 0.4) is 0 Å². The maximum atomic E-state index is 11.9. The smallest absolute Gasteiger partial charge is 0.251 e. The first-order chi connectivity index (χ1) is 10.1. The van der Waals surface area contributed by atoms with E-state index in [1.165, 1.54) is 5.56 Å². The van der Waals surface area contributed by atoms with Crippen molar-refractivity contribution in [2.45, 2.75) is 13.5 Å². The minimum absolute atomic E-state index is 0.0386. The van der Waals surface area contributed by atoms with Gasteiger partial charge in [-0.3, -0.25) is 4.79 Å². The lowest BCUT2D eigenvalue weighted by Crippen LogP contribution is -2.31. The number of aryl methyl sites for hydroxylation is 1. The predicted molar refractivity (Wildman–Crippen MR) is 86.7 cm³/mol. The second-order valence-corrected chi connectivity index (χ2v) is 5.36. The second kappa shape index (κ2) is 7.81. The number of carbonyl (C=O) groups is 1. The van der Waals surface area contributed by atoms with Crippen LogP contribution in [0.1, 0.15) is 21.5 Å². The molecular formula is C17H19ClN2O. The van der Waals surface area contributed by atoms with E-state index in [0.717, 1.165) is 23.7 Å². The summed E-state index contributed by atoms with van der Waals surface area (Å²) in [4.78, 5) is 11.9. The Morgan fingerprint density at radius 1 is 1.00 bits per heavy atom. The van der Waals surface area contributed by atoms with Crippen molar-refractivity contribution in [3.63, 3.8) is 0 Å². The molecule has 0 aliphatic rings. The lowest BCUT2D eigenvalue weighted by atomic mass is 10.1. The first-order valence-corrected chi connectivity index (χ1v) is 7.33. The highest BCUT2D eigenvalue weighted by Crippen LogP contribution is 2.08. The van der Waals surface area contributed by atoms with E-state index < -0.39 is 0 Å². The van der Waals surface area contributed by atoms with Crippen LogP contribution in [0, 0.1) is 6.92 Å². The number of hydrogen-bond donors (Lipinski definition) is 2. The summed E-state index contributed by atoms with van der Waals surface area (Å²) in [5, 5.41) is 6.91. The Kier molecular flexibility index (Phi) is 5.78. The molecule has 2 aromatic carbocycles. The fourth-order valence-electron chi connectivity index (χ4n) is 1.91. The zero-order valence-electron chi connectivity index (χ0n) is 12.0. The molecule has 0 saturated carbocycles. The molecule has 0 heterocycles. The van der Waals surface area contributed by atoms with Gasteiger partial charge in [0.2, 0.25) is 0 Å². The van der Waals surface area contributed by atoms with E-state index in [1.807, 2.05) is 55.5 Å². The van der Waals surface area contributed by atoms with Crippen molar-refractivity contribution < 1.29 is 4.79 Å². The average molecular weight is 303 g/mol. The van der Waals surface area contributed by atoms with E-state index in [1.54, 1.807) is 0 Å². The molecule has 0 spiro atoms. The quantitative estimate of drug-likeness (QED) is 0.805. The van der Waals surface area contributed by atoms with Crippen molar-refractivity contribution in [2.75, 3.05) is 13.1 Å². The fraction of sp³-hybridized carbons (Fsp3) is 0.235. The van der Waals surface area contributed by atoms with Crippen molar-refractivity contribution in [3.05, 3.63) is 70.2 Å². The van der Waals surface area contributed by atoms with E-state index >= 15 is 0 Å². The summed E-state index contributed by atoms with van der Waals surface area (Å²) in [7, 11) is 0. The van der Waals surface area contributed by atoms with E-state index in [4.69, 9.17) is 11.6 Å². The molecule has 0 radical (unpaired) electrons. The van der Waals surface area contributed by atoms with Gasteiger partial charge in [-0.1, -0.05) is 41.4 Å². The third kappa shape index (κ3) is 5.21. The summed E-state index contributed by atoms with van der Waals surface area (Å²) in [5.74, 6) is -0.0386. The molecule has 0 aliphatic carbocycles. The Balaban J connectivity index is 1.66. The van der Waals surface area contributed by atoms with Gasteiger partial charge >= 0.3 is 0 Å². The Hall–Kier alpha value is -1.84. The Bertz CT molecular complexity index is 579. The van der Waals surface area contributed by atoms with Crippen LogP contribution in [0.25, 0.3) is 0 Å². The predicted octanol–water partition coefficient (Wildman–Crippen LogP) is 3.17. The number of benzene rings is 2. The third-order valence-corrected chi connectivity index (χ3v) is 3.40. The molecule has 0 bridgehead atoms. The van der Waals surface area contributed by atoms with Crippen molar-refractivity contribution in [1.29, 1.82) is 0 Å². The van der Waals surface area contributed by atoms with Gasteiger partial charge < -0.3 is 10.6 Å². The fourth-order valence-corrected chi connectivity index (χ4v) is 2.03. The van der Waals surface area contributed by atoms with Gasteiger partial charge in [0, 0.05) is 30.2 Å². The Morgan fingerprint density at radius 3 is 2.33 bits per heavy atom. The number of halogens is 1. The molecule has 110 valence electrons. The number of carbonyl (C=O) groups excluding carboxylic acids is 1. The molecule has 2 aromatic rings. The van der Waals surface area contributed by atoms with Crippen molar-refractivity contribution in [3.8, 4) is 0 Å². The minimum atomic E-state index is -0.0386. The molecule has 4 heteroatoms. The average Bonchev–Trinajstić information content (AvgIpc) is 2.49. The number of hydrogen-bond acceptors (Lipinski definition) is 2. The highest BCUT2D eigenvalue weighted by atomic mass is 35.5. The summed E-state index contributed by atoms with van der Waals surface area (Å²) in [6, 6.07) is 15.3. The molecular weight excluding hydrogens is 284 g/mol. The molecule has 0 fully saturated rings. The SMILES string of the molecule is Cc1ccc(C(=O)NCCNCc2ccc(Cl)cc2)cc1. The van der Waals surface area contributed by atoms with Gasteiger partial charge in [-0.25, -0.2) is 0 Å². The molecule has 0 saturated heterocycles. The highest BCUT2D eigenvalue weighted by molar-refractivity contribution is 6.30. The largest absolute Gasteiger partial charge is 0.351 e. The van der Waals surface area contributed by atoms with E-state index in [9.17, 15) is 4.79 Å². The maximum absolute atomic E-state index is 11.9. The van der Waals surface area contributed by atoms with Crippen LogP contribution in [-0.2, 0) is 6.54 Å². The van der Waals surface area contributed by atoms with Crippen molar-refractivity contribution >= 4 is 17.5 Å². The Labute approximate surface area is 130 Å². The van der Waals surface area contributed by atoms with Crippen molar-refractivity contribution in [2.24, 2.45) is 0 Å². The van der Waals surface area contributed by atoms with Crippen LogP contribution in [0.5, 0.6) is 0 Å². The van der Waals surface area contributed by atoms with Gasteiger partial charge in [-0.2, -0.15) is 0 Å². The molecule has 21 heavy (non-hydrogen) atoms. The molecule has 0 unspecified atom stereocenters. The summed E-state index contributed by atoms with van der Waals surface area (Å²) < 4.78 is 0. The molecule has 3 nitrogen and oxygen atoms in total. The lowest BCUT2D eigenvalue weighted by molar-refractivity contribution is 0.0954. The van der Waals surface area contributed by atoms with E-state index in [2.05, 4.69) is 10.6 Å². The van der Waals surface area contributed by atoms with Crippen LogP contribution < -0.4 is 10.6 Å². The first kappa shape index (κ1) is 15.5. The van der Waals surface area contributed by atoms with E-state index in [-0.39, 0.29) is 5.91 Å². The number of amides is 1. The Morgan fingerprint density at radius 2 is 1.67 bits per heavy atom. The maximum Gasteiger partial charge on any atom is 0.251 e. The standard InChI is InChI=1S/C17H19ClN2O/c1-13-2-6-15(7-3-13)17(21)20-11-10-19-12-14-4-8-16(18)9-5-14/h2-9,19H,10-12H2,1H3,(H,20,21). The summed E-state index contributed by atoms with van der Waals surface area (Å²) in [6.07, 6.45) is 0. The summed E-state index contributed by atoms with van der Waals surface area (Å²) in [6.45, 7) is 4.08. The van der Waals surface area contributed by atoms with Gasteiger partial charge in [-0.05, 0) is 36.8 Å². The van der Waals surface area contributed by atoms with Crippen LogP contribution in [0.15, 0.2) is 48.5 Å². The first-order valence-electron chi connectivity index (χ1n) is 6.95. The number of rotatable bonds is 6. The molecule has 0 atom stereocenters. The van der Waals surface area contributed by atoms with Gasteiger partial charge in [0.1, 0.15) is 0 Å². The van der Waals surface area contributed by atoms with E-state index in [0.29, 0.717) is 12.1 Å². The van der Waals surface area contributed by atoms with Crippen molar-refractivity contribution in [1.82, 2.24) is 10.6 Å². The van der Waals surface area contributed by atoms with Crippen LogP contribution in [0.2, 0.25) is 5.02 Å². The van der Waals surface area contributed by atoms with Gasteiger partial charge in [0.15, 0.2) is 0 Å². The summed E-state index contributed by atoms with van der Waals surface area (Å²) >= 11 is 5.83. The molecule has 0 aliphatic heterocycles. The highest BCUT2D eigenvalue weighted by Gasteiger charge is 2.03. The molecule has 2 rings (SSSR count).